The minimum atomic E-state index is -0.605. The van der Waals surface area contributed by atoms with Gasteiger partial charge in [0.2, 0.25) is 0 Å². The Labute approximate surface area is 154 Å². The van der Waals surface area contributed by atoms with E-state index >= 15 is 0 Å². The van der Waals surface area contributed by atoms with Gasteiger partial charge in [-0.15, -0.1) is 0 Å². The molecular weight excluding hydrogens is 428 g/mol. The normalized spacial score (nSPS) is 22.0. The van der Waals surface area contributed by atoms with Crippen LogP contribution in [0.25, 0.3) is 0 Å². The minimum Gasteiger partial charge on any atom is -0.465 e. The second kappa shape index (κ2) is 8.49. The standard InChI is InChI=1S/C17H22Br2O4/c1-3-21-16(20)15(18)17(2,19)12-7-6-8-13(11-12)23-14-9-4-5-10-22-14/h6-8,11,14-15H,3-5,9-10H2,1-2H3. The fourth-order valence-corrected chi connectivity index (χ4v) is 3.24. The fourth-order valence-electron chi connectivity index (χ4n) is 2.41. The van der Waals surface area contributed by atoms with Gasteiger partial charge in [0, 0.05) is 6.42 Å². The summed E-state index contributed by atoms with van der Waals surface area (Å²) in [4.78, 5) is 11.5. The average Bonchev–Trinajstić information content (AvgIpc) is 2.55. The number of carbonyl (C=O) groups is 1. The maximum Gasteiger partial charge on any atom is 0.321 e. The molecular formula is C17H22Br2O4. The molecule has 1 aromatic rings. The van der Waals surface area contributed by atoms with E-state index in [9.17, 15) is 4.79 Å². The van der Waals surface area contributed by atoms with E-state index in [1.165, 1.54) is 0 Å². The predicted molar refractivity (Wildman–Crippen MR) is 96.3 cm³/mol. The molecule has 0 aromatic heterocycles. The van der Waals surface area contributed by atoms with Gasteiger partial charge in [-0.2, -0.15) is 0 Å². The van der Waals surface area contributed by atoms with E-state index in [2.05, 4.69) is 31.9 Å². The highest BCUT2D eigenvalue weighted by Gasteiger charge is 2.38. The lowest BCUT2D eigenvalue weighted by atomic mass is 9.97. The first-order valence-corrected chi connectivity index (χ1v) is 9.54. The van der Waals surface area contributed by atoms with Gasteiger partial charge in [-0.05, 0) is 44.4 Å². The lowest BCUT2D eigenvalue weighted by Crippen LogP contribution is -2.34. The molecule has 6 heteroatoms. The number of esters is 1. The number of hydrogen-bond donors (Lipinski definition) is 0. The zero-order chi connectivity index (χ0) is 16.9. The SMILES string of the molecule is CCOC(=O)C(Br)C(C)(Br)c1cccc(OC2CCCCO2)c1. The van der Waals surface area contributed by atoms with Crippen LogP contribution >= 0.6 is 31.9 Å². The molecule has 1 aliphatic heterocycles. The Bertz CT molecular complexity index is 527. The van der Waals surface area contributed by atoms with Crippen LogP contribution in [0.5, 0.6) is 5.75 Å². The van der Waals surface area contributed by atoms with Crippen molar-refractivity contribution < 1.29 is 19.0 Å². The summed E-state index contributed by atoms with van der Waals surface area (Å²) in [5, 5.41) is 0. The van der Waals surface area contributed by atoms with Crippen LogP contribution in [0.3, 0.4) is 0 Å². The van der Waals surface area contributed by atoms with Gasteiger partial charge in [0.1, 0.15) is 10.6 Å². The summed E-state index contributed by atoms with van der Waals surface area (Å²) in [6.07, 6.45) is 2.92. The molecule has 0 radical (unpaired) electrons. The molecule has 0 bridgehead atoms. The second-order valence-electron chi connectivity index (χ2n) is 5.63. The number of ether oxygens (including phenoxy) is 3. The second-order valence-corrected chi connectivity index (χ2v) is 8.20. The lowest BCUT2D eigenvalue weighted by Gasteiger charge is -2.28. The Kier molecular flexibility index (Phi) is 6.92. The highest BCUT2D eigenvalue weighted by atomic mass is 79.9. The Morgan fingerprint density at radius 2 is 2.26 bits per heavy atom. The third kappa shape index (κ3) is 4.94. The maximum atomic E-state index is 12.0. The first-order chi connectivity index (χ1) is 10.9. The maximum absolute atomic E-state index is 12.0. The molecule has 1 fully saturated rings. The molecule has 1 aromatic carbocycles. The molecule has 128 valence electrons. The molecule has 4 nitrogen and oxygen atoms in total. The van der Waals surface area contributed by atoms with Crippen LogP contribution in [0.1, 0.15) is 38.7 Å². The molecule has 0 spiro atoms. The van der Waals surface area contributed by atoms with E-state index in [0.717, 1.165) is 37.2 Å². The van der Waals surface area contributed by atoms with E-state index < -0.39 is 9.15 Å². The largest absolute Gasteiger partial charge is 0.465 e. The van der Waals surface area contributed by atoms with Crippen molar-refractivity contribution in [2.45, 2.75) is 48.6 Å². The fraction of sp³-hybridized carbons (Fsp3) is 0.588. The van der Waals surface area contributed by atoms with Gasteiger partial charge in [0.15, 0.2) is 6.29 Å². The van der Waals surface area contributed by atoms with E-state index in [1.54, 1.807) is 6.92 Å². The Morgan fingerprint density at radius 1 is 1.48 bits per heavy atom. The molecule has 23 heavy (non-hydrogen) atoms. The molecule has 2 rings (SSSR count). The Hall–Kier alpha value is -0.590. The molecule has 3 unspecified atom stereocenters. The minimum absolute atomic E-state index is 0.189. The van der Waals surface area contributed by atoms with Gasteiger partial charge in [0.05, 0.1) is 17.5 Å². The van der Waals surface area contributed by atoms with Crippen molar-refractivity contribution in [3.63, 3.8) is 0 Å². The van der Waals surface area contributed by atoms with Crippen molar-refractivity contribution in [1.82, 2.24) is 0 Å². The summed E-state index contributed by atoms with van der Waals surface area (Å²) in [6, 6.07) is 7.70. The van der Waals surface area contributed by atoms with E-state index in [0.29, 0.717) is 6.61 Å². The van der Waals surface area contributed by atoms with Gasteiger partial charge >= 0.3 is 5.97 Å². The summed E-state index contributed by atoms with van der Waals surface area (Å²) >= 11 is 7.09. The van der Waals surface area contributed by atoms with Crippen molar-refractivity contribution in [2.75, 3.05) is 13.2 Å². The third-order valence-electron chi connectivity index (χ3n) is 3.77. The third-order valence-corrected chi connectivity index (χ3v) is 6.59. The van der Waals surface area contributed by atoms with Gasteiger partial charge < -0.3 is 14.2 Å². The first kappa shape index (κ1) is 18.7. The van der Waals surface area contributed by atoms with E-state index in [1.807, 2.05) is 31.2 Å². The molecule has 0 N–H and O–H groups in total. The highest BCUT2D eigenvalue weighted by Crippen LogP contribution is 2.40. The Balaban J connectivity index is 2.12. The number of rotatable bonds is 6. The lowest BCUT2D eigenvalue weighted by molar-refractivity contribution is -0.142. The summed E-state index contributed by atoms with van der Waals surface area (Å²) in [7, 11) is 0. The number of benzene rings is 1. The molecule has 0 aliphatic carbocycles. The number of hydrogen-bond acceptors (Lipinski definition) is 4. The van der Waals surface area contributed by atoms with Crippen LogP contribution in [0.4, 0.5) is 0 Å². The smallest absolute Gasteiger partial charge is 0.321 e. The van der Waals surface area contributed by atoms with Crippen molar-refractivity contribution in [3.05, 3.63) is 29.8 Å². The summed E-state index contributed by atoms with van der Waals surface area (Å²) < 4.78 is 16.0. The number of halogens is 2. The first-order valence-electron chi connectivity index (χ1n) is 7.83. The molecule has 1 aliphatic rings. The van der Waals surface area contributed by atoms with E-state index in [-0.39, 0.29) is 12.3 Å². The van der Waals surface area contributed by atoms with Crippen LogP contribution in [0.15, 0.2) is 24.3 Å². The molecule has 0 saturated carbocycles. The molecule has 3 atom stereocenters. The van der Waals surface area contributed by atoms with Gasteiger partial charge in [-0.25, -0.2) is 0 Å². The predicted octanol–water partition coefficient (Wildman–Crippen LogP) is 4.53. The van der Waals surface area contributed by atoms with Gasteiger partial charge in [0.25, 0.3) is 0 Å². The monoisotopic (exact) mass is 448 g/mol. The van der Waals surface area contributed by atoms with Crippen LogP contribution in [0, 0.1) is 0 Å². The quantitative estimate of drug-likeness (QED) is 0.472. The van der Waals surface area contributed by atoms with Crippen molar-refractivity contribution in [1.29, 1.82) is 0 Å². The topological polar surface area (TPSA) is 44.8 Å². The van der Waals surface area contributed by atoms with Crippen LogP contribution in [-0.2, 0) is 18.6 Å². The zero-order valence-corrected chi connectivity index (χ0v) is 16.6. The summed E-state index contributed by atoms with van der Waals surface area (Å²) in [6.45, 7) is 4.82. The number of alkyl halides is 2. The van der Waals surface area contributed by atoms with Crippen LogP contribution < -0.4 is 4.74 Å². The van der Waals surface area contributed by atoms with E-state index in [4.69, 9.17) is 14.2 Å². The Morgan fingerprint density at radius 3 is 2.91 bits per heavy atom. The number of carbonyl (C=O) groups excluding carboxylic acids is 1. The molecule has 1 saturated heterocycles. The average molecular weight is 450 g/mol. The molecule has 0 amide bonds. The molecule has 1 heterocycles. The van der Waals surface area contributed by atoms with Crippen molar-refractivity contribution in [2.24, 2.45) is 0 Å². The zero-order valence-electron chi connectivity index (χ0n) is 13.4. The summed E-state index contributed by atoms with van der Waals surface area (Å²) in [5.41, 5.74) is 0.931. The van der Waals surface area contributed by atoms with Gasteiger partial charge in [-0.1, -0.05) is 44.0 Å². The van der Waals surface area contributed by atoms with Gasteiger partial charge in [-0.3, -0.25) is 4.79 Å². The highest BCUT2D eigenvalue weighted by molar-refractivity contribution is 9.12. The van der Waals surface area contributed by atoms with Crippen molar-refractivity contribution >= 4 is 37.8 Å². The van der Waals surface area contributed by atoms with Crippen molar-refractivity contribution in [3.8, 4) is 5.75 Å². The van der Waals surface area contributed by atoms with Crippen LogP contribution in [-0.4, -0.2) is 30.3 Å². The van der Waals surface area contributed by atoms with Crippen LogP contribution in [0.2, 0.25) is 0 Å². The summed E-state index contributed by atoms with van der Waals surface area (Å²) in [5.74, 6) is 0.442.